The van der Waals surface area contributed by atoms with Crippen LogP contribution in [0.25, 0.3) is 5.69 Å². The number of phenolic OH excluding ortho intramolecular Hbond substituents is 1. The molecule has 0 saturated carbocycles. The predicted molar refractivity (Wildman–Crippen MR) is 134 cm³/mol. The number of rotatable bonds is 6. The van der Waals surface area contributed by atoms with E-state index in [2.05, 4.69) is 16.8 Å². The maximum atomic E-state index is 12.5. The molecule has 0 unspecified atom stereocenters. The first kappa shape index (κ1) is 23.4. The first-order valence-corrected chi connectivity index (χ1v) is 11.8. The van der Waals surface area contributed by atoms with E-state index in [4.69, 9.17) is 15.6 Å². The molecular weight excluding hydrogens is 460 g/mol. The molecule has 10 heteroatoms. The van der Waals surface area contributed by atoms with E-state index >= 15 is 0 Å². The van der Waals surface area contributed by atoms with Gasteiger partial charge in [0.25, 0.3) is 5.91 Å². The van der Waals surface area contributed by atoms with Gasteiger partial charge in [0.1, 0.15) is 22.9 Å². The van der Waals surface area contributed by atoms with Crippen LogP contribution >= 0.6 is 0 Å². The van der Waals surface area contributed by atoms with Gasteiger partial charge in [0.05, 0.1) is 17.4 Å². The van der Waals surface area contributed by atoms with Crippen LogP contribution in [0.15, 0.2) is 61.2 Å². The summed E-state index contributed by atoms with van der Waals surface area (Å²) >= 11 is 0. The molecular formula is C26H28N6O4. The molecule has 2 aliphatic rings. The van der Waals surface area contributed by atoms with E-state index in [-0.39, 0.29) is 17.7 Å². The van der Waals surface area contributed by atoms with E-state index in [1.807, 2.05) is 12.1 Å². The van der Waals surface area contributed by atoms with Crippen LogP contribution in [0.4, 0.5) is 5.69 Å². The van der Waals surface area contributed by atoms with Crippen LogP contribution in [0.1, 0.15) is 28.6 Å². The number of hydrogen-bond donors (Lipinski definition) is 3. The number of amides is 2. The van der Waals surface area contributed by atoms with Crippen LogP contribution in [0.3, 0.4) is 0 Å². The van der Waals surface area contributed by atoms with Crippen molar-refractivity contribution < 1.29 is 19.4 Å². The summed E-state index contributed by atoms with van der Waals surface area (Å²) in [4.78, 5) is 28.6. The highest BCUT2D eigenvalue weighted by Crippen LogP contribution is 2.37. The summed E-state index contributed by atoms with van der Waals surface area (Å²) < 4.78 is 7.41. The number of aromatic nitrogens is 2. The van der Waals surface area contributed by atoms with Crippen molar-refractivity contribution in [2.24, 2.45) is 5.73 Å². The van der Waals surface area contributed by atoms with Gasteiger partial charge in [-0.3, -0.25) is 14.5 Å². The number of hydrogen-bond acceptors (Lipinski definition) is 7. The molecule has 5 rings (SSSR count). The molecule has 3 heterocycles. The highest BCUT2D eigenvalue weighted by atomic mass is 16.5. The smallest absolute Gasteiger partial charge is 0.269 e. The molecule has 36 heavy (non-hydrogen) atoms. The lowest BCUT2D eigenvalue weighted by atomic mass is 10.0. The maximum Gasteiger partial charge on any atom is 0.269 e. The molecule has 0 bridgehead atoms. The predicted octanol–water partition coefficient (Wildman–Crippen LogP) is 2.66. The van der Waals surface area contributed by atoms with Crippen molar-refractivity contribution in [3.8, 4) is 22.9 Å². The van der Waals surface area contributed by atoms with Gasteiger partial charge in [-0.25, -0.2) is 4.68 Å². The lowest BCUT2D eigenvalue weighted by Gasteiger charge is -2.40. The Kier molecular flexibility index (Phi) is 6.34. The second kappa shape index (κ2) is 9.74. The van der Waals surface area contributed by atoms with Crippen LogP contribution in [0.2, 0.25) is 0 Å². The summed E-state index contributed by atoms with van der Waals surface area (Å²) in [7, 11) is 0. The third-order valence-corrected chi connectivity index (χ3v) is 6.58. The largest absolute Gasteiger partial charge is 0.508 e. The average molecular weight is 489 g/mol. The van der Waals surface area contributed by atoms with Gasteiger partial charge in [0.2, 0.25) is 5.91 Å². The number of ether oxygens (including phenoxy) is 1. The van der Waals surface area contributed by atoms with Crippen LogP contribution in [-0.2, 0) is 4.79 Å². The quantitative estimate of drug-likeness (QED) is 0.456. The highest BCUT2D eigenvalue weighted by Gasteiger charge is 2.35. The second-order valence-electron chi connectivity index (χ2n) is 8.77. The van der Waals surface area contributed by atoms with Crippen LogP contribution < -0.4 is 15.8 Å². The van der Waals surface area contributed by atoms with Crippen molar-refractivity contribution in [2.45, 2.75) is 12.5 Å². The fourth-order valence-corrected chi connectivity index (χ4v) is 4.77. The Bertz CT molecular complexity index is 1280. The van der Waals surface area contributed by atoms with Gasteiger partial charge in [0, 0.05) is 32.7 Å². The average Bonchev–Trinajstić information content (AvgIpc) is 3.30. The number of anilines is 1. The zero-order valence-corrected chi connectivity index (χ0v) is 19.8. The first-order chi connectivity index (χ1) is 17.4. The number of benzene rings is 2. The van der Waals surface area contributed by atoms with Crippen molar-refractivity contribution in [3.05, 3.63) is 72.6 Å². The fourth-order valence-electron chi connectivity index (χ4n) is 4.77. The van der Waals surface area contributed by atoms with Gasteiger partial charge >= 0.3 is 0 Å². The molecule has 3 aromatic rings. The standard InChI is InChI=1S/C26H28N6O4/c1-2-22(34)31-15-13-30(14-16-31)21-11-12-28-24-23(21)29-32(25(24)26(27)35)17-3-7-19(8-4-17)36-20-9-5-18(33)6-10-20/h2-10,21,28,33H,1,11-16H2,(H2,27,35)/t21-/m1/s1. The van der Waals surface area contributed by atoms with Crippen molar-refractivity contribution >= 4 is 17.5 Å². The molecule has 2 aromatic carbocycles. The van der Waals surface area contributed by atoms with Crippen molar-refractivity contribution in [2.75, 3.05) is 38.0 Å². The molecule has 1 fully saturated rings. The fraction of sp³-hybridized carbons (Fsp3) is 0.269. The zero-order valence-electron chi connectivity index (χ0n) is 19.8. The topological polar surface area (TPSA) is 126 Å². The maximum absolute atomic E-state index is 12.5. The Labute approximate surface area is 208 Å². The molecule has 1 atom stereocenters. The van der Waals surface area contributed by atoms with E-state index in [1.165, 1.54) is 6.08 Å². The van der Waals surface area contributed by atoms with Gasteiger partial charge < -0.3 is 25.8 Å². The van der Waals surface area contributed by atoms with Crippen LogP contribution in [0.5, 0.6) is 17.2 Å². The number of aromatic hydroxyl groups is 1. The second-order valence-corrected chi connectivity index (χ2v) is 8.77. The molecule has 2 aliphatic heterocycles. The number of piperazine rings is 1. The third-order valence-electron chi connectivity index (χ3n) is 6.58. The van der Waals surface area contributed by atoms with E-state index in [0.717, 1.165) is 12.1 Å². The Morgan fingerprint density at radius 1 is 1.06 bits per heavy atom. The van der Waals surface area contributed by atoms with Crippen molar-refractivity contribution in [1.82, 2.24) is 19.6 Å². The van der Waals surface area contributed by atoms with Crippen molar-refractivity contribution in [1.29, 1.82) is 0 Å². The number of nitrogens with one attached hydrogen (secondary N) is 1. The summed E-state index contributed by atoms with van der Waals surface area (Å²) in [5.74, 6) is 0.736. The minimum atomic E-state index is -0.567. The molecule has 10 nitrogen and oxygen atoms in total. The Balaban J connectivity index is 1.40. The van der Waals surface area contributed by atoms with Gasteiger partial charge in [-0.15, -0.1) is 0 Å². The summed E-state index contributed by atoms with van der Waals surface area (Å²) in [6.07, 6.45) is 2.18. The van der Waals surface area contributed by atoms with Gasteiger partial charge in [-0.05, 0) is 61.0 Å². The Hall–Kier alpha value is -4.31. The summed E-state index contributed by atoms with van der Waals surface area (Å²) in [5.41, 5.74) is 8.23. The third kappa shape index (κ3) is 4.50. The highest BCUT2D eigenvalue weighted by molar-refractivity contribution is 5.98. The van der Waals surface area contributed by atoms with E-state index in [0.29, 0.717) is 61.3 Å². The monoisotopic (exact) mass is 488 g/mol. The first-order valence-electron chi connectivity index (χ1n) is 11.8. The minimum absolute atomic E-state index is 0.0127. The molecule has 186 valence electrons. The van der Waals surface area contributed by atoms with Gasteiger partial charge in [-0.2, -0.15) is 5.10 Å². The Morgan fingerprint density at radius 3 is 2.31 bits per heavy atom. The SMILES string of the molecule is C=CC(=O)N1CCN([C@@H]2CCNc3c2nn(-c2ccc(Oc4ccc(O)cc4)cc2)c3C(N)=O)CC1. The number of fused-ring (bicyclic) bond motifs is 1. The van der Waals surface area contributed by atoms with Gasteiger partial charge in [-0.1, -0.05) is 6.58 Å². The molecule has 0 spiro atoms. The number of phenols is 1. The van der Waals surface area contributed by atoms with Crippen LogP contribution in [-0.4, -0.2) is 69.2 Å². The summed E-state index contributed by atoms with van der Waals surface area (Å²) in [5, 5.41) is 17.6. The number of carbonyl (C=O) groups excluding carboxylic acids is 2. The van der Waals surface area contributed by atoms with Crippen LogP contribution in [0, 0.1) is 0 Å². The summed E-state index contributed by atoms with van der Waals surface area (Å²) in [6.45, 7) is 6.93. The molecule has 1 aromatic heterocycles. The lowest BCUT2D eigenvalue weighted by molar-refractivity contribution is -0.128. The number of primary amides is 1. The number of carbonyl (C=O) groups is 2. The minimum Gasteiger partial charge on any atom is -0.508 e. The number of nitrogens with zero attached hydrogens (tertiary/aromatic N) is 4. The molecule has 0 aliphatic carbocycles. The van der Waals surface area contributed by atoms with E-state index < -0.39 is 5.91 Å². The molecule has 1 saturated heterocycles. The zero-order chi connectivity index (χ0) is 25.2. The lowest BCUT2D eigenvalue weighted by Crippen LogP contribution is -2.50. The Morgan fingerprint density at radius 2 is 1.69 bits per heavy atom. The summed E-state index contributed by atoms with van der Waals surface area (Å²) in [6, 6.07) is 13.7. The number of nitrogens with two attached hydrogens (primary N) is 1. The normalized spacial score (nSPS) is 17.7. The van der Waals surface area contributed by atoms with Crippen molar-refractivity contribution in [3.63, 3.8) is 0 Å². The molecule has 4 N–H and O–H groups in total. The molecule has 0 radical (unpaired) electrons. The van der Waals surface area contributed by atoms with E-state index in [9.17, 15) is 14.7 Å². The molecule has 2 amide bonds. The van der Waals surface area contributed by atoms with Gasteiger partial charge in [0.15, 0.2) is 5.69 Å². The van der Waals surface area contributed by atoms with E-state index in [1.54, 1.807) is 46.0 Å².